The van der Waals surface area contributed by atoms with E-state index in [1.165, 1.54) is 6.07 Å². The van der Waals surface area contributed by atoms with Crippen molar-refractivity contribution in [2.24, 2.45) is 0 Å². The van der Waals surface area contributed by atoms with Crippen molar-refractivity contribution >= 4 is 23.2 Å². The van der Waals surface area contributed by atoms with E-state index in [0.29, 0.717) is 24.1 Å². The number of benzene rings is 2. The summed E-state index contributed by atoms with van der Waals surface area (Å²) >= 11 is 0. The van der Waals surface area contributed by atoms with Crippen LogP contribution in [0.15, 0.2) is 48.5 Å². The predicted octanol–water partition coefficient (Wildman–Crippen LogP) is 3.16. The van der Waals surface area contributed by atoms with Crippen molar-refractivity contribution in [2.75, 3.05) is 36.4 Å². The number of nitrogens with one attached hydrogen (secondary N) is 1. The molecule has 146 valence electrons. The number of hydrogen-bond donors (Lipinski definition) is 1. The van der Waals surface area contributed by atoms with Gasteiger partial charge in [0.05, 0.1) is 5.41 Å². The fraction of sp³-hybridized carbons (Fsp3) is 0.364. The second-order valence-electron chi connectivity index (χ2n) is 7.56. The summed E-state index contributed by atoms with van der Waals surface area (Å²) < 4.78 is 14.2. The molecule has 1 saturated heterocycles. The first-order chi connectivity index (χ1) is 13.5. The minimum absolute atomic E-state index is 0.113. The molecule has 0 aromatic heterocycles. The molecule has 1 N–H and O–H groups in total. The molecular formula is C22H24FN3O2. The van der Waals surface area contributed by atoms with Crippen molar-refractivity contribution < 1.29 is 14.0 Å². The first kappa shape index (κ1) is 18.5. The maximum atomic E-state index is 14.2. The van der Waals surface area contributed by atoms with Gasteiger partial charge in [0.2, 0.25) is 11.8 Å². The highest BCUT2D eigenvalue weighted by Gasteiger charge is 2.52. The number of hydrogen-bond acceptors (Lipinski definition) is 3. The summed E-state index contributed by atoms with van der Waals surface area (Å²) in [6.45, 7) is 4.63. The summed E-state index contributed by atoms with van der Waals surface area (Å²) in [5.41, 5.74) is 1.51. The molecule has 2 fully saturated rings. The minimum Gasteiger partial charge on any atom is -0.368 e. The summed E-state index contributed by atoms with van der Waals surface area (Å²) in [5.74, 6) is -0.364. The van der Waals surface area contributed by atoms with Crippen LogP contribution in [-0.4, -0.2) is 42.9 Å². The third-order valence-corrected chi connectivity index (χ3v) is 5.79. The topological polar surface area (TPSA) is 52.7 Å². The van der Waals surface area contributed by atoms with Crippen molar-refractivity contribution in [3.05, 3.63) is 59.9 Å². The lowest BCUT2D eigenvalue weighted by atomic mass is 9.94. The SMILES string of the molecule is CC(=O)N1CCN(c2ccc(NC(=O)C3(c4ccccc4F)CC3)cc2)CC1. The average molecular weight is 381 g/mol. The van der Waals surface area contributed by atoms with E-state index in [1.807, 2.05) is 29.2 Å². The lowest BCUT2D eigenvalue weighted by Gasteiger charge is -2.35. The number of amides is 2. The van der Waals surface area contributed by atoms with Crippen molar-refractivity contribution in [1.29, 1.82) is 0 Å². The molecule has 2 amide bonds. The van der Waals surface area contributed by atoms with E-state index >= 15 is 0 Å². The van der Waals surface area contributed by atoms with Gasteiger partial charge in [-0.1, -0.05) is 18.2 Å². The zero-order valence-corrected chi connectivity index (χ0v) is 16.0. The van der Waals surface area contributed by atoms with Crippen LogP contribution in [0.1, 0.15) is 25.3 Å². The van der Waals surface area contributed by atoms with Crippen molar-refractivity contribution in [2.45, 2.75) is 25.2 Å². The predicted molar refractivity (Wildman–Crippen MR) is 107 cm³/mol. The van der Waals surface area contributed by atoms with Crippen molar-refractivity contribution in [3.63, 3.8) is 0 Å². The van der Waals surface area contributed by atoms with Gasteiger partial charge in [-0.05, 0) is 43.2 Å². The summed E-state index contributed by atoms with van der Waals surface area (Å²) in [5, 5.41) is 2.95. The molecule has 1 heterocycles. The highest BCUT2D eigenvalue weighted by molar-refractivity contribution is 6.01. The lowest BCUT2D eigenvalue weighted by molar-refractivity contribution is -0.129. The molecular weight excluding hydrogens is 357 g/mol. The van der Waals surface area contributed by atoms with Crippen LogP contribution in [0.2, 0.25) is 0 Å². The van der Waals surface area contributed by atoms with Gasteiger partial charge in [0.1, 0.15) is 5.82 Å². The molecule has 0 bridgehead atoms. The third kappa shape index (κ3) is 3.46. The Balaban J connectivity index is 1.41. The molecule has 1 saturated carbocycles. The Morgan fingerprint density at radius 1 is 0.964 bits per heavy atom. The van der Waals surface area contributed by atoms with Crippen molar-refractivity contribution in [1.82, 2.24) is 4.90 Å². The number of anilines is 2. The van der Waals surface area contributed by atoms with Crippen LogP contribution >= 0.6 is 0 Å². The van der Waals surface area contributed by atoms with Crippen LogP contribution in [0.3, 0.4) is 0 Å². The largest absolute Gasteiger partial charge is 0.368 e. The van der Waals surface area contributed by atoms with Crippen LogP contribution in [-0.2, 0) is 15.0 Å². The Morgan fingerprint density at radius 2 is 1.61 bits per heavy atom. The second kappa shape index (κ2) is 7.26. The molecule has 1 aliphatic heterocycles. The zero-order chi connectivity index (χ0) is 19.7. The van der Waals surface area contributed by atoms with Crippen LogP contribution in [0.4, 0.5) is 15.8 Å². The smallest absolute Gasteiger partial charge is 0.235 e. The van der Waals surface area contributed by atoms with Crippen LogP contribution in [0.5, 0.6) is 0 Å². The van der Waals surface area contributed by atoms with Crippen molar-refractivity contribution in [3.8, 4) is 0 Å². The Bertz CT molecular complexity index is 885. The number of halogens is 1. The summed E-state index contributed by atoms with van der Waals surface area (Å²) in [6.07, 6.45) is 1.33. The van der Waals surface area contributed by atoms with Gasteiger partial charge in [0.25, 0.3) is 0 Å². The Morgan fingerprint density at radius 3 is 2.18 bits per heavy atom. The molecule has 2 aromatic rings. The van der Waals surface area contributed by atoms with Gasteiger partial charge in [0, 0.05) is 50.0 Å². The monoisotopic (exact) mass is 381 g/mol. The molecule has 2 aliphatic rings. The van der Waals surface area contributed by atoms with Gasteiger partial charge in [-0.25, -0.2) is 4.39 Å². The summed E-state index contributed by atoms with van der Waals surface area (Å²) in [4.78, 5) is 28.3. The maximum Gasteiger partial charge on any atom is 0.235 e. The van der Waals surface area contributed by atoms with E-state index in [-0.39, 0.29) is 17.6 Å². The molecule has 0 atom stereocenters. The quantitative estimate of drug-likeness (QED) is 0.885. The standard InChI is InChI=1S/C22H24FN3O2/c1-16(27)25-12-14-26(15-13-25)18-8-6-17(7-9-18)24-21(28)22(10-11-22)19-4-2-3-5-20(19)23/h2-9H,10-15H2,1H3,(H,24,28). The Kier molecular flexibility index (Phi) is 4.79. The number of carbonyl (C=O) groups excluding carboxylic acids is 2. The van der Waals surface area contributed by atoms with E-state index in [2.05, 4.69) is 10.2 Å². The number of nitrogens with zero attached hydrogens (tertiary/aromatic N) is 2. The van der Waals surface area contributed by atoms with Gasteiger partial charge in [-0.2, -0.15) is 0 Å². The van der Waals surface area contributed by atoms with Gasteiger partial charge in [0.15, 0.2) is 0 Å². The average Bonchev–Trinajstić information content (AvgIpc) is 3.51. The lowest BCUT2D eigenvalue weighted by Crippen LogP contribution is -2.48. The summed E-state index contributed by atoms with van der Waals surface area (Å²) in [7, 11) is 0. The van der Waals surface area contributed by atoms with E-state index < -0.39 is 5.41 Å². The number of carbonyl (C=O) groups is 2. The molecule has 0 radical (unpaired) electrons. The highest BCUT2D eigenvalue weighted by atomic mass is 19.1. The minimum atomic E-state index is -0.743. The van der Waals surface area contributed by atoms with Gasteiger partial charge in [-0.3, -0.25) is 9.59 Å². The van der Waals surface area contributed by atoms with Gasteiger partial charge < -0.3 is 15.1 Å². The molecule has 0 spiro atoms. The van der Waals surface area contributed by atoms with E-state index in [1.54, 1.807) is 25.1 Å². The molecule has 2 aromatic carbocycles. The Labute approximate surface area is 164 Å². The van der Waals surface area contributed by atoms with Crippen LogP contribution < -0.4 is 10.2 Å². The fourth-order valence-corrected chi connectivity index (χ4v) is 3.88. The molecule has 0 unspecified atom stereocenters. The first-order valence-corrected chi connectivity index (χ1v) is 9.67. The Hall–Kier alpha value is -2.89. The zero-order valence-electron chi connectivity index (χ0n) is 16.0. The first-order valence-electron chi connectivity index (χ1n) is 9.67. The molecule has 5 nitrogen and oxygen atoms in total. The second-order valence-corrected chi connectivity index (χ2v) is 7.56. The fourth-order valence-electron chi connectivity index (χ4n) is 3.88. The molecule has 28 heavy (non-hydrogen) atoms. The third-order valence-electron chi connectivity index (χ3n) is 5.79. The molecule has 1 aliphatic carbocycles. The van der Waals surface area contributed by atoms with E-state index in [0.717, 1.165) is 31.9 Å². The molecule has 6 heteroatoms. The summed E-state index contributed by atoms with van der Waals surface area (Å²) in [6, 6.07) is 14.2. The number of piperazine rings is 1. The molecule has 4 rings (SSSR count). The van der Waals surface area contributed by atoms with E-state index in [9.17, 15) is 14.0 Å². The van der Waals surface area contributed by atoms with E-state index in [4.69, 9.17) is 0 Å². The number of rotatable bonds is 4. The van der Waals surface area contributed by atoms with Gasteiger partial charge in [-0.15, -0.1) is 0 Å². The van der Waals surface area contributed by atoms with Gasteiger partial charge >= 0.3 is 0 Å². The van der Waals surface area contributed by atoms with Crippen LogP contribution in [0, 0.1) is 5.82 Å². The maximum absolute atomic E-state index is 14.2. The van der Waals surface area contributed by atoms with Crippen LogP contribution in [0.25, 0.3) is 0 Å². The highest BCUT2D eigenvalue weighted by Crippen LogP contribution is 2.49. The normalized spacial score (nSPS) is 17.9.